The first-order valence-corrected chi connectivity index (χ1v) is 6.13. The molecule has 1 saturated carbocycles. The fourth-order valence-electron chi connectivity index (χ4n) is 3.01. The molecule has 4 nitrogen and oxygen atoms in total. The SMILES string of the molecule is O=Cc1cc(F)c(N2C[C@@H]3[C@@H](C=O)[C@@H]3C2)cc1C=O. The summed E-state index contributed by atoms with van der Waals surface area (Å²) >= 11 is 0. The average molecular weight is 261 g/mol. The number of fused-ring (bicyclic) bond motifs is 1. The Kier molecular flexibility index (Phi) is 2.69. The van der Waals surface area contributed by atoms with Crippen LogP contribution in [0.3, 0.4) is 0 Å². The highest BCUT2D eigenvalue weighted by molar-refractivity contribution is 5.91. The van der Waals surface area contributed by atoms with Crippen molar-refractivity contribution in [1.82, 2.24) is 0 Å². The van der Waals surface area contributed by atoms with Crippen molar-refractivity contribution < 1.29 is 18.8 Å². The topological polar surface area (TPSA) is 54.5 Å². The van der Waals surface area contributed by atoms with Crippen molar-refractivity contribution >= 4 is 24.5 Å². The Labute approximate surface area is 109 Å². The zero-order chi connectivity index (χ0) is 13.6. The standard InChI is InChI=1S/C14H12FNO3/c15-13-1-8(5-17)9(6-18)2-14(13)16-3-10-11(4-16)12(10)7-19/h1-2,5-7,10-12H,3-4H2/t10-,11+,12+. The number of piperidine rings is 1. The van der Waals surface area contributed by atoms with Crippen LogP contribution in [0.4, 0.5) is 10.1 Å². The predicted octanol–water partition coefficient (Wildman–Crippen LogP) is 1.33. The van der Waals surface area contributed by atoms with Gasteiger partial charge in [-0.3, -0.25) is 9.59 Å². The number of carbonyl (C=O) groups excluding carboxylic acids is 3. The largest absolute Gasteiger partial charge is 0.369 e. The molecule has 1 aromatic rings. The van der Waals surface area contributed by atoms with Crippen molar-refractivity contribution in [3.05, 3.63) is 29.1 Å². The number of anilines is 1. The van der Waals surface area contributed by atoms with E-state index in [2.05, 4.69) is 0 Å². The second-order valence-corrected chi connectivity index (χ2v) is 5.11. The molecular weight excluding hydrogens is 249 g/mol. The van der Waals surface area contributed by atoms with Crippen LogP contribution >= 0.6 is 0 Å². The van der Waals surface area contributed by atoms with Crippen molar-refractivity contribution in [2.75, 3.05) is 18.0 Å². The van der Waals surface area contributed by atoms with E-state index < -0.39 is 5.82 Å². The molecule has 19 heavy (non-hydrogen) atoms. The molecule has 1 aliphatic heterocycles. The van der Waals surface area contributed by atoms with Crippen molar-refractivity contribution in [3.63, 3.8) is 0 Å². The van der Waals surface area contributed by atoms with Gasteiger partial charge in [0, 0.05) is 30.1 Å². The van der Waals surface area contributed by atoms with E-state index in [-0.39, 0.29) is 17.0 Å². The number of nitrogens with zero attached hydrogens (tertiary/aromatic N) is 1. The Bertz CT molecular complexity index is 560. The summed E-state index contributed by atoms with van der Waals surface area (Å²) in [5, 5.41) is 0. The maximum absolute atomic E-state index is 13.9. The number of carbonyl (C=O) groups is 3. The van der Waals surface area contributed by atoms with Crippen LogP contribution in [0.2, 0.25) is 0 Å². The van der Waals surface area contributed by atoms with Crippen LogP contribution in [0.5, 0.6) is 0 Å². The average Bonchev–Trinajstić information content (AvgIpc) is 2.90. The molecule has 0 unspecified atom stereocenters. The molecular formula is C14H12FNO3. The number of aldehydes is 3. The molecule has 0 radical (unpaired) electrons. The van der Waals surface area contributed by atoms with Gasteiger partial charge in [-0.2, -0.15) is 0 Å². The summed E-state index contributed by atoms with van der Waals surface area (Å²) in [4.78, 5) is 34.2. The lowest BCUT2D eigenvalue weighted by Gasteiger charge is -2.22. The molecule has 0 spiro atoms. The van der Waals surface area contributed by atoms with Crippen LogP contribution in [0.25, 0.3) is 0 Å². The predicted molar refractivity (Wildman–Crippen MR) is 65.9 cm³/mol. The quantitative estimate of drug-likeness (QED) is 0.767. The van der Waals surface area contributed by atoms with E-state index >= 15 is 0 Å². The number of benzene rings is 1. The minimum absolute atomic E-state index is 0.0615. The molecule has 0 aromatic heterocycles. The minimum atomic E-state index is -0.503. The number of hydrogen-bond donors (Lipinski definition) is 0. The molecule has 1 aromatic carbocycles. The van der Waals surface area contributed by atoms with Crippen molar-refractivity contribution in [1.29, 1.82) is 0 Å². The van der Waals surface area contributed by atoms with E-state index in [1.54, 1.807) is 0 Å². The van der Waals surface area contributed by atoms with Crippen LogP contribution in [-0.4, -0.2) is 31.9 Å². The van der Waals surface area contributed by atoms with E-state index in [1.165, 1.54) is 6.07 Å². The summed E-state index contributed by atoms with van der Waals surface area (Å²) in [6.45, 7) is 1.26. The molecule has 2 aliphatic rings. The molecule has 0 amide bonds. The van der Waals surface area contributed by atoms with E-state index in [9.17, 15) is 18.8 Å². The van der Waals surface area contributed by atoms with Crippen LogP contribution in [0.1, 0.15) is 20.7 Å². The lowest BCUT2D eigenvalue weighted by atomic mass is 10.1. The normalized spacial score (nSPS) is 27.8. The van der Waals surface area contributed by atoms with E-state index in [0.717, 1.165) is 12.4 Å². The molecule has 1 aliphatic carbocycles. The Morgan fingerprint density at radius 1 is 1.05 bits per heavy atom. The molecule has 3 atom stereocenters. The molecule has 0 N–H and O–H groups in total. The Morgan fingerprint density at radius 3 is 2.16 bits per heavy atom. The van der Waals surface area contributed by atoms with Gasteiger partial charge in [0.1, 0.15) is 12.1 Å². The molecule has 98 valence electrons. The molecule has 1 saturated heterocycles. The van der Waals surface area contributed by atoms with Gasteiger partial charge >= 0.3 is 0 Å². The second-order valence-electron chi connectivity index (χ2n) is 5.11. The highest BCUT2D eigenvalue weighted by atomic mass is 19.1. The van der Waals surface area contributed by atoms with Crippen LogP contribution in [0.15, 0.2) is 12.1 Å². The number of hydrogen-bond acceptors (Lipinski definition) is 4. The smallest absolute Gasteiger partial charge is 0.150 e. The van der Waals surface area contributed by atoms with E-state index in [4.69, 9.17) is 0 Å². The Morgan fingerprint density at radius 2 is 1.63 bits per heavy atom. The summed E-state index contributed by atoms with van der Waals surface area (Å²) < 4.78 is 13.9. The van der Waals surface area contributed by atoms with E-state index in [0.29, 0.717) is 43.2 Å². The fourth-order valence-corrected chi connectivity index (χ4v) is 3.01. The van der Waals surface area contributed by atoms with Crippen molar-refractivity contribution in [3.8, 4) is 0 Å². The zero-order valence-corrected chi connectivity index (χ0v) is 10.1. The zero-order valence-electron chi connectivity index (χ0n) is 10.1. The minimum Gasteiger partial charge on any atom is -0.369 e. The third-order valence-electron chi connectivity index (χ3n) is 4.16. The highest BCUT2D eigenvalue weighted by Crippen LogP contribution is 2.51. The Hall–Kier alpha value is -2.04. The van der Waals surface area contributed by atoms with Gasteiger partial charge in [-0.25, -0.2) is 4.39 Å². The lowest BCUT2D eigenvalue weighted by molar-refractivity contribution is -0.109. The maximum atomic E-state index is 13.9. The molecule has 5 heteroatoms. The van der Waals surface area contributed by atoms with Gasteiger partial charge in [0.25, 0.3) is 0 Å². The van der Waals surface area contributed by atoms with Gasteiger partial charge in [-0.15, -0.1) is 0 Å². The van der Waals surface area contributed by atoms with Crippen molar-refractivity contribution in [2.24, 2.45) is 17.8 Å². The maximum Gasteiger partial charge on any atom is 0.150 e. The van der Waals surface area contributed by atoms with Gasteiger partial charge < -0.3 is 9.69 Å². The van der Waals surface area contributed by atoms with Gasteiger partial charge in [0.15, 0.2) is 12.6 Å². The first-order chi connectivity index (χ1) is 9.19. The summed E-state index contributed by atoms with van der Waals surface area (Å²) in [5.41, 5.74) is 0.592. The summed E-state index contributed by atoms with van der Waals surface area (Å²) in [7, 11) is 0. The number of halogens is 1. The van der Waals surface area contributed by atoms with Crippen LogP contribution in [-0.2, 0) is 4.79 Å². The summed E-state index contributed by atoms with van der Waals surface area (Å²) in [6.07, 6.45) is 1.99. The van der Waals surface area contributed by atoms with Gasteiger partial charge in [0.2, 0.25) is 0 Å². The highest BCUT2D eigenvalue weighted by Gasteiger charge is 2.55. The monoisotopic (exact) mass is 261 g/mol. The summed E-state index contributed by atoms with van der Waals surface area (Å²) in [6, 6.07) is 2.50. The number of rotatable bonds is 4. The second kappa shape index (κ2) is 4.26. The third-order valence-corrected chi connectivity index (χ3v) is 4.16. The lowest BCUT2D eigenvalue weighted by Crippen LogP contribution is -2.25. The van der Waals surface area contributed by atoms with Gasteiger partial charge in [0.05, 0.1) is 5.69 Å². The third kappa shape index (κ3) is 1.77. The van der Waals surface area contributed by atoms with Gasteiger partial charge in [-0.05, 0) is 24.0 Å². The van der Waals surface area contributed by atoms with Crippen molar-refractivity contribution in [2.45, 2.75) is 0 Å². The molecule has 0 bridgehead atoms. The van der Waals surface area contributed by atoms with Crippen LogP contribution < -0.4 is 4.90 Å². The molecule has 2 fully saturated rings. The van der Waals surface area contributed by atoms with Gasteiger partial charge in [-0.1, -0.05) is 0 Å². The van der Waals surface area contributed by atoms with Crippen LogP contribution in [0, 0.1) is 23.6 Å². The first kappa shape index (κ1) is 12.0. The molecule has 1 heterocycles. The van der Waals surface area contributed by atoms with E-state index in [1.807, 2.05) is 4.90 Å². The summed E-state index contributed by atoms with van der Waals surface area (Å²) in [5.74, 6) is 0.223. The fraction of sp³-hybridized carbons (Fsp3) is 0.357. The first-order valence-electron chi connectivity index (χ1n) is 6.13. The molecule has 3 rings (SSSR count). The Balaban J connectivity index is 1.88.